The molecule has 0 radical (unpaired) electrons. The van der Waals surface area contributed by atoms with Crippen LogP contribution >= 0.6 is 0 Å². The van der Waals surface area contributed by atoms with Gasteiger partial charge in [0.1, 0.15) is 13.2 Å². The molecule has 2 rings (SSSR count). The zero-order valence-corrected chi connectivity index (χ0v) is 13.3. The Balaban J connectivity index is 1.85. The summed E-state index contributed by atoms with van der Waals surface area (Å²) in [7, 11) is 0. The Hall–Kier alpha value is -1.14. The van der Waals surface area contributed by atoms with Gasteiger partial charge in [-0.3, -0.25) is 9.59 Å². The number of ether oxygens (including phenoxy) is 2. The van der Waals surface area contributed by atoms with Crippen molar-refractivity contribution in [1.29, 1.82) is 0 Å². The standard InChI is InChI=1S/C16H27NO5/c1-12-3-2-4-14(9-12)22-11-15(18)17(10-16(19)20)13-5-7-21-8-6-13/h12-14H,2-11H2,1H3,(H,19,20)/t12-,14-/m0/s1. The fraction of sp³-hybridized carbons (Fsp3) is 0.875. The van der Waals surface area contributed by atoms with E-state index in [-0.39, 0.29) is 31.2 Å². The van der Waals surface area contributed by atoms with Gasteiger partial charge in [0.2, 0.25) is 5.91 Å². The number of aliphatic carboxylic acids is 1. The Morgan fingerprint density at radius 3 is 2.59 bits per heavy atom. The van der Waals surface area contributed by atoms with Gasteiger partial charge in [0, 0.05) is 19.3 Å². The molecule has 126 valence electrons. The van der Waals surface area contributed by atoms with Crippen molar-refractivity contribution in [3.63, 3.8) is 0 Å². The van der Waals surface area contributed by atoms with E-state index in [0.717, 1.165) is 19.3 Å². The summed E-state index contributed by atoms with van der Waals surface area (Å²) in [6.45, 7) is 3.09. The zero-order valence-electron chi connectivity index (χ0n) is 13.3. The van der Waals surface area contributed by atoms with Crippen LogP contribution in [0.2, 0.25) is 0 Å². The molecule has 0 aromatic heterocycles. The molecular formula is C16H27NO5. The molecule has 1 amide bonds. The van der Waals surface area contributed by atoms with Crippen LogP contribution in [0.1, 0.15) is 45.4 Å². The van der Waals surface area contributed by atoms with E-state index in [2.05, 4.69) is 6.92 Å². The van der Waals surface area contributed by atoms with Crippen LogP contribution < -0.4 is 0 Å². The fourth-order valence-electron chi connectivity index (χ4n) is 3.37. The van der Waals surface area contributed by atoms with Crippen molar-refractivity contribution in [2.75, 3.05) is 26.4 Å². The highest BCUT2D eigenvalue weighted by atomic mass is 16.5. The van der Waals surface area contributed by atoms with Crippen molar-refractivity contribution in [3.8, 4) is 0 Å². The highest BCUT2D eigenvalue weighted by molar-refractivity contribution is 5.82. The molecule has 0 aromatic rings. The van der Waals surface area contributed by atoms with Gasteiger partial charge in [-0.1, -0.05) is 19.8 Å². The van der Waals surface area contributed by atoms with E-state index >= 15 is 0 Å². The minimum Gasteiger partial charge on any atom is -0.480 e. The Kier molecular flexibility index (Phi) is 6.64. The average Bonchev–Trinajstić information content (AvgIpc) is 2.51. The first-order valence-electron chi connectivity index (χ1n) is 8.27. The summed E-state index contributed by atoms with van der Waals surface area (Å²) >= 11 is 0. The minimum atomic E-state index is -0.980. The van der Waals surface area contributed by atoms with Crippen LogP contribution in [-0.4, -0.2) is 60.4 Å². The second-order valence-corrected chi connectivity index (χ2v) is 6.46. The second kappa shape index (κ2) is 8.48. The monoisotopic (exact) mass is 313 g/mol. The number of carboxylic acids is 1. The van der Waals surface area contributed by atoms with E-state index in [1.807, 2.05) is 0 Å². The van der Waals surface area contributed by atoms with Crippen molar-refractivity contribution >= 4 is 11.9 Å². The molecule has 1 saturated heterocycles. The van der Waals surface area contributed by atoms with Crippen LogP contribution in [0.25, 0.3) is 0 Å². The predicted octanol–water partition coefficient (Wildman–Crippen LogP) is 1.67. The van der Waals surface area contributed by atoms with Gasteiger partial charge in [0.05, 0.1) is 6.10 Å². The number of carboxylic acid groups (broad SMARTS) is 1. The van der Waals surface area contributed by atoms with Crippen molar-refractivity contribution in [2.24, 2.45) is 5.92 Å². The molecule has 6 nitrogen and oxygen atoms in total. The largest absolute Gasteiger partial charge is 0.480 e. The molecular weight excluding hydrogens is 286 g/mol. The van der Waals surface area contributed by atoms with E-state index in [9.17, 15) is 9.59 Å². The summed E-state index contributed by atoms with van der Waals surface area (Å²) in [5.41, 5.74) is 0. The number of hydrogen-bond acceptors (Lipinski definition) is 4. The summed E-state index contributed by atoms with van der Waals surface area (Å²) in [6.07, 6.45) is 5.87. The normalized spacial score (nSPS) is 26.6. The first-order chi connectivity index (χ1) is 10.6. The molecule has 2 aliphatic rings. The van der Waals surface area contributed by atoms with Crippen molar-refractivity contribution < 1.29 is 24.2 Å². The van der Waals surface area contributed by atoms with E-state index < -0.39 is 5.97 Å². The molecule has 6 heteroatoms. The Labute approximate surface area is 131 Å². The molecule has 0 spiro atoms. The highest BCUT2D eigenvalue weighted by Gasteiger charge is 2.28. The van der Waals surface area contributed by atoms with Gasteiger partial charge >= 0.3 is 5.97 Å². The van der Waals surface area contributed by atoms with Gasteiger partial charge in [-0.2, -0.15) is 0 Å². The maximum atomic E-state index is 12.4. The Morgan fingerprint density at radius 2 is 1.95 bits per heavy atom. The van der Waals surface area contributed by atoms with E-state index in [4.69, 9.17) is 14.6 Å². The van der Waals surface area contributed by atoms with E-state index in [0.29, 0.717) is 32.0 Å². The zero-order chi connectivity index (χ0) is 15.9. The fourth-order valence-corrected chi connectivity index (χ4v) is 3.37. The molecule has 22 heavy (non-hydrogen) atoms. The number of rotatable bonds is 6. The molecule has 1 aliphatic carbocycles. The molecule has 1 heterocycles. The van der Waals surface area contributed by atoms with Crippen LogP contribution in [0.3, 0.4) is 0 Å². The predicted molar refractivity (Wildman–Crippen MR) is 80.6 cm³/mol. The third kappa shape index (κ3) is 5.25. The summed E-state index contributed by atoms with van der Waals surface area (Å²) in [4.78, 5) is 24.9. The molecule has 2 atom stereocenters. The Morgan fingerprint density at radius 1 is 1.23 bits per heavy atom. The van der Waals surface area contributed by atoms with E-state index in [1.54, 1.807) is 0 Å². The summed E-state index contributed by atoms with van der Waals surface area (Å²) in [5.74, 6) is -0.557. The number of carbonyl (C=O) groups excluding carboxylic acids is 1. The summed E-state index contributed by atoms with van der Waals surface area (Å²) in [5, 5.41) is 9.05. The lowest BCUT2D eigenvalue weighted by molar-refractivity contribution is -0.151. The maximum Gasteiger partial charge on any atom is 0.323 e. The third-order valence-electron chi connectivity index (χ3n) is 4.59. The first kappa shape index (κ1) is 17.2. The smallest absolute Gasteiger partial charge is 0.323 e. The quantitative estimate of drug-likeness (QED) is 0.807. The molecule has 2 fully saturated rings. The van der Waals surface area contributed by atoms with Gasteiger partial charge in [-0.15, -0.1) is 0 Å². The highest BCUT2D eigenvalue weighted by Crippen LogP contribution is 2.25. The maximum absolute atomic E-state index is 12.4. The SMILES string of the molecule is C[C@H]1CCC[C@H](OCC(=O)N(CC(=O)O)C2CCOCC2)C1. The lowest BCUT2D eigenvalue weighted by atomic mass is 9.89. The van der Waals surface area contributed by atoms with Crippen molar-refractivity contribution in [1.82, 2.24) is 4.90 Å². The van der Waals surface area contributed by atoms with Gasteiger partial charge in [-0.25, -0.2) is 0 Å². The number of carbonyl (C=O) groups is 2. The van der Waals surface area contributed by atoms with Crippen LogP contribution in [0.5, 0.6) is 0 Å². The van der Waals surface area contributed by atoms with Crippen LogP contribution in [-0.2, 0) is 19.1 Å². The minimum absolute atomic E-state index is 0.0119. The van der Waals surface area contributed by atoms with Gasteiger partial charge in [0.15, 0.2) is 0 Å². The molecule has 1 saturated carbocycles. The van der Waals surface area contributed by atoms with Gasteiger partial charge in [0.25, 0.3) is 0 Å². The van der Waals surface area contributed by atoms with Gasteiger partial charge < -0.3 is 19.5 Å². The molecule has 0 aromatic carbocycles. The van der Waals surface area contributed by atoms with Crippen LogP contribution in [0.4, 0.5) is 0 Å². The average molecular weight is 313 g/mol. The number of hydrogen-bond donors (Lipinski definition) is 1. The van der Waals surface area contributed by atoms with Crippen molar-refractivity contribution in [2.45, 2.75) is 57.6 Å². The number of amides is 1. The third-order valence-corrected chi connectivity index (χ3v) is 4.59. The van der Waals surface area contributed by atoms with Crippen LogP contribution in [0, 0.1) is 5.92 Å². The molecule has 0 unspecified atom stereocenters. The Bertz CT molecular complexity index is 381. The lowest BCUT2D eigenvalue weighted by Crippen LogP contribution is -2.47. The molecule has 1 aliphatic heterocycles. The molecule has 1 N–H and O–H groups in total. The second-order valence-electron chi connectivity index (χ2n) is 6.46. The van der Waals surface area contributed by atoms with Crippen molar-refractivity contribution in [3.05, 3.63) is 0 Å². The summed E-state index contributed by atoms with van der Waals surface area (Å²) < 4.78 is 11.0. The summed E-state index contributed by atoms with van der Waals surface area (Å²) in [6, 6.07) is -0.0498. The molecule has 0 bridgehead atoms. The van der Waals surface area contributed by atoms with E-state index in [1.165, 1.54) is 11.3 Å². The lowest BCUT2D eigenvalue weighted by Gasteiger charge is -2.34. The topological polar surface area (TPSA) is 76.1 Å². The van der Waals surface area contributed by atoms with Gasteiger partial charge in [-0.05, 0) is 31.6 Å². The van der Waals surface area contributed by atoms with Crippen LogP contribution in [0.15, 0.2) is 0 Å². The number of nitrogens with zero attached hydrogens (tertiary/aromatic N) is 1. The first-order valence-corrected chi connectivity index (χ1v) is 8.27.